The molecule has 0 bridgehead atoms. The first-order valence-electron chi connectivity index (χ1n) is 7.60. The van der Waals surface area contributed by atoms with Crippen molar-refractivity contribution in [3.63, 3.8) is 0 Å². The first-order chi connectivity index (χ1) is 11.0. The highest BCUT2D eigenvalue weighted by Crippen LogP contribution is 2.41. The van der Waals surface area contributed by atoms with Crippen LogP contribution in [0.2, 0.25) is 0 Å². The van der Waals surface area contributed by atoms with Crippen LogP contribution >= 0.6 is 0 Å². The van der Waals surface area contributed by atoms with Gasteiger partial charge in [0, 0.05) is 29.8 Å². The normalized spacial score (nSPS) is 10.5. The minimum atomic E-state index is -0.103. The molecule has 23 heavy (non-hydrogen) atoms. The van der Waals surface area contributed by atoms with Gasteiger partial charge in [0.05, 0.1) is 14.2 Å². The van der Waals surface area contributed by atoms with Crippen LogP contribution < -0.4 is 14.8 Å². The summed E-state index contributed by atoms with van der Waals surface area (Å²) < 4.78 is 11.0. The summed E-state index contributed by atoms with van der Waals surface area (Å²) in [6.07, 6.45) is 0. The zero-order chi connectivity index (χ0) is 17.0. The van der Waals surface area contributed by atoms with Crippen molar-refractivity contribution in [2.24, 2.45) is 0 Å². The van der Waals surface area contributed by atoms with Crippen LogP contribution in [0.1, 0.15) is 32.3 Å². The Labute approximate surface area is 137 Å². The molecule has 1 amide bonds. The van der Waals surface area contributed by atoms with Crippen molar-refractivity contribution in [1.82, 2.24) is 0 Å². The smallest absolute Gasteiger partial charge is 0.221 e. The van der Waals surface area contributed by atoms with Gasteiger partial charge in [-0.15, -0.1) is 0 Å². The molecule has 0 radical (unpaired) electrons. The largest absolute Gasteiger partial charge is 0.496 e. The van der Waals surface area contributed by atoms with Gasteiger partial charge in [0.25, 0.3) is 0 Å². The number of anilines is 1. The monoisotopic (exact) mass is 313 g/mol. The molecule has 0 aliphatic rings. The summed E-state index contributed by atoms with van der Waals surface area (Å²) >= 11 is 0. The Bertz CT molecular complexity index is 708. The van der Waals surface area contributed by atoms with Gasteiger partial charge in [-0.05, 0) is 23.6 Å². The molecule has 0 unspecified atom stereocenters. The molecule has 0 aromatic heterocycles. The Balaban J connectivity index is 2.67. The van der Waals surface area contributed by atoms with Gasteiger partial charge in [-0.1, -0.05) is 32.0 Å². The van der Waals surface area contributed by atoms with Gasteiger partial charge in [0.2, 0.25) is 5.91 Å². The molecule has 122 valence electrons. The number of carbonyl (C=O) groups excluding carboxylic acids is 1. The van der Waals surface area contributed by atoms with E-state index in [0.29, 0.717) is 11.7 Å². The van der Waals surface area contributed by atoms with Crippen molar-refractivity contribution >= 4 is 11.6 Å². The molecular weight excluding hydrogens is 290 g/mol. The number of amides is 1. The lowest BCUT2D eigenvalue weighted by Crippen LogP contribution is -2.07. The van der Waals surface area contributed by atoms with Gasteiger partial charge < -0.3 is 14.8 Å². The second kappa shape index (κ2) is 7.18. The lowest BCUT2D eigenvalue weighted by Gasteiger charge is -2.19. The Morgan fingerprint density at radius 3 is 2.22 bits per heavy atom. The zero-order valence-corrected chi connectivity index (χ0v) is 14.3. The summed E-state index contributed by atoms with van der Waals surface area (Å²) in [5.74, 6) is 1.72. The van der Waals surface area contributed by atoms with E-state index in [1.807, 2.05) is 30.3 Å². The van der Waals surface area contributed by atoms with E-state index in [2.05, 4.69) is 25.2 Å². The van der Waals surface area contributed by atoms with Crippen molar-refractivity contribution in [3.8, 4) is 22.6 Å². The van der Waals surface area contributed by atoms with Crippen LogP contribution in [0.25, 0.3) is 11.1 Å². The van der Waals surface area contributed by atoms with Crippen LogP contribution in [0.15, 0.2) is 36.4 Å². The third-order valence-corrected chi connectivity index (χ3v) is 3.70. The van der Waals surface area contributed by atoms with Gasteiger partial charge in [-0.3, -0.25) is 4.79 Å². The van der Waals surface area contributed by atoms with Crippen molar-refractivity contribution in [2.75, 3.05) is 19.5 Å². The lowest BCUT2D eigenvalue weighted by atomic mass is 9.94. The number of hydrogen-bond donors (Lipinski definition) is 1. The molecule has 1 N–H and O–H groups in total. The fraction of sp³-hybridized carbons (Fsp3) is 0.316. The molecule has 0 aliphatic heterocycles. The first kappa shape index (κ1) is 16.9. The van der Waals surface area contributed by atoms with Crippen LogP contribution in [0.3, 0.4) is 0 Å². The Kier molecular flexibility index (Phi) is 5.27. The van der Waals surface area contributed by atoms with Crippen LogP contribution in [0.5, 0.6) is 11.5 Å². The van der Waals surface area contributed by atoms with Crippen molar-refractivity contribution in [3.05, 3.63) is 42.0 Å². The van der Waals surface area contributed by atoms with Gasteiger partial charge in [0.1, 0.15) is 11.5 Å². The number of rotatable bonds is 5. The summed E-state index contributed by atoms with van der Waals surface area (Å²) in [5, 5.41) is 2.87. The number of methoxy groups -OCH3 is 2. The van der Waals surface area contributed by atoms with Gasteiger partial charge in [-0.25, -0.2) is 0 Å². The van der Waals surface area contributed by atoms with Crippen LogP contribution in [-0.2, 0) is 4.79 Å². The lowest BCUT2D eigenvalue weighted by molar-refractivity contribution is -0.114. The molecule has 2 aromatic carbocycles. The maximum absolute atomic E-state index is 11.5. The molecule has 0 saturated carbocycles. The number of benzene rings is 2. The average molecular weight is 313 g/mol. The standard InChI is InChI=1S/C19H23NO3/c1-12(2)15-10-16(19(23-5)11-18(15)22-4)14-8-6-7-9-17(14)20-13(3)21/h6-12H,1-5H3,(H,20,21). The topological polar surface area (TPSA) is 47.6 Å². The van der Waals surface area contributed by atoms with Crippen molar-refractivity contribution < 1.29 is 14.3 Å². The van der Waals surface area contributed by atoms with E-state index in [9.17, 15) is 4.79 Å². The predicted molar refractivity (Wildman–Crippen MR) is 93.4 cm³/mol. The number of para-hydroxylation sites is 1. The first-order valence-corrected chi connectivity index (χ1v) is 7.60. The molecular formula is C19H23NO3. The second-order valence-corrected chi connectivity index (χ2v) is 5.68. The second-order valence-electron chi connectivity index (χ2n) is 5.68. The Morgan fingerprint density at radius 1 is 1.00 bits per heavy atom. The van der Waals surface area contributed by atoms with Crippen LogP contribution in [-0.4, -0.2) is 20.1 Å². The average Bonchev–Trinajstić information content (AvgIpc) is 2.53. The SMILES string of the molecule is COc1cc(OC)c(C(C)C)cc1-c1ccccc1NC(C)=O. The summed E-state index contributed by atoms with van der Waals surface area (Å²) in [5.41, 5.74) is 3.71. The molecule has 0 fully saturated rings. The molecule has 0 aliphatic carbocycles. The minimum absolute atomic E-state index is 0.103. The van der Waals surface area contributed by atoms with E-state index in [4.69, 9.17) is 9.47 Å². The third kappa shape index (κ3) is 3.65. The summed E-state index contributed by atoms with van der Waals surface area (Å²) in [6.45, 7) is 5.74. The van der Waals surface area contributed by atoms with E-state index in [-0.39, 0.29) is 5.91 Å². The highest BCUT2D eigenvalue weighted by Gasteiger charge is 2.17. The maximum atomic E-state index is 11.5. The Morgan fingerprint density at radius 2 is 1.65 bits per heavy atom. The van der Waals surface area contributed by atoms with Gasteiger partial charge in [-0.2, -0.15) is 0 Å². The Hall–Kier alpha value is -2.49. The quantitative estimate of drug-likeness (QED) is 0.887. The summed E-state index contributed by atoms with van der Waals surface area (Å²) in [7, 11) is 3.29. The maximum Gasteiger partial charge on any atom is 0.221 e. The molecule has 0 saturated heterocycles. The van der Waals surface area contributed by atoms with E-state index >= 15 is 0 Å². The molecule has 2 rings (SSSR count). The number of nitrogens with one attached hydrogen (secondary N) is 1. The third-order valence-electron chi connectivity index (χ3n) is 3.70. The van der Waals surface area contributed by atoms with E-state index in [1.165, 1.54) is 6.92 Å². The number of ether oxygens (including phenoxy) is 2. The van der Waals surface area contributed by atoms with Crippen molar-refractivity contribution in [1.29, 1.82) is 0 Å². The van der Waals surface area contributed by atoms with Crippen LogP contribution in [0, 0.1) is 0 Å². The molecule has 0 spiro atoms. The molecule has 4 nitrogen and oxygen atoms in total. The van der Waals surface area contributed by atoms with Gasteiger partial charge in [0.15, 0.2) is 0 Å². The molecule has 4 heteroatoms. The number of carbonyl (C=O) groups is 1. The minimum Gasteiger partial charge on any atom is -0.496 e. The highest BCUT2D eigenvalue weighted by molar-refractivity contribution is 5.95. The van der Waals surface area contributed by atoms with Crippen molar-refractivity contribution in [2.45, 2.75) is 26.7 Å². The predicted octanol–water partition coefficient (Wildman–Crippen LogP) is 4.45. The fourth-order valence-electron chi connectivity index (χ4n) is 2.60. The van der Waals surface area contributed by atoms with E-state index in [1.54, 1.807) is 14.2 Å². The molecule has 0 atom stereocenters. The summed E-state index contributed by atoms with van der Waals surface area (Å²) in [6, 6.07) is 11.7. The molecule has 0 heterocycles. The fourth-order valence-corrected chi connectivity index (χ4v) is 2.60. The van der Waals surface area contributed by atoms with E-state index in [0.717, 1.165) is 28.1 Å². The summed E-state index contributed by atoms with van der Waals surface area (Å²) in [4.78, 5) is 11.5. The molecule has 2 aromatic rings. The van der Waals surface area contributed by atoms with Gasteiger partial charge >= 0.3 is 0 Å². The highest BCUT2D eigenvalue weighted by atomic mass is 16.5. The number of hydrogen-bond acceptors (Lipinski definition) is 3. The van der Waals surface area contributed by atoms with Crippen LogP contribution in [0.4, 0.5) is 5.69 Å². The van der Waals surface area contributed by atoms with E-state index < -0.39 is 0 Å². The zero-order valence-electron chi connectivity index (χ0n) is 14.3.